The van der Waals surface area contributed by atoms with Gasteiger partial charge in [0.15, 0.2) is 5.69 Å². The number of amides is 2. The van der Waals surface area contributed by atoms with Crippen LogP contribution < -0.4 is 10.6 Å². The summed E-state index contributed by atoms with van der Waals surface area (Å²) in [5.41, 5.74) is 2.16. The molecule has 2 aromatic heterocycles. The maximum atomic E-state index is 12.3. The molecule has 0 unspecified atom stereocenters. The molecule has 0 bridgehead atoms. The summed E-state index contributed by atoms with van der Waals surface area (Å²) >= 11 is 1.36. The van der Waals surface area contributed by atoms with Crippen LogP contribution >= 0.6 is 11.3 Å². The molecular formula is C20H21N5O4S. The van der Waals surface area contributed by atoms with E-state index in [2.05, 4.69) is 20.7 Å². The van der Waals surface area contributed by atoms with Crippen molar-refractivity contribution >= 4 is 34.8 Å². The van der Waals surface area contributed by atoms with E-state index in [0.717, 1.165) is 10.7 Å². The van der Waals surface area contributed by atoms with Crippen molar-refractivity contribution in [2.45, 2.75) is 20.3 Å². The van der Waals surface area contributed by atoms with Crippen molar-refractivity contribution < 1.29 is 19.1 Å². The molecule has 0 atom stereocenters. The highest BCUT2D eigenvalue weighted by atomic mass is 32.1. The SMILES string of the molecule is CCOC(=O)c1csc(CCNC(=O)c2ccc(-n3cc(NC(C)=O)cn3)cc2)n1. The molecule has 2 amide bonds. The number of nitrogens with one attached hydrogen (secondary N) is 2. The fourth-order valence-corrected chi connectivity index (χ4v) is 3.37. The average molecular weight is 427 g/mol. The minimum Gasteiger partial charge on any atom is -0.461 e. The highest BCUT2D eigenvalue weighted by Crippen LogP contribution is 2.14. The van der Waals surface area contributed by atoms with E-state index in [4.69, 9.17) is 4.74 Å². The van der Waals surface area contributed by atoms with Crippen LogP contribution in [0.1, 0.15) is 39.7 Å². The van der Waals surface area contributed by atoms with Gasteiger partial charge < -0.3 is 15.4 Å². The highest BCUT2D eigenvalue weighted by molar-refractivity contribution is 7.09. The van der Waals surface area contributed by atoms with Crippen molar-refractivity contribution in [3.63, 3.8) is 0 Å². The van der Waals surface area contributed by atoms with Crippen LogP contribution in [0.25, 0.3) is 5.69 Å². The molecule has 3 rings (SSSR count). The van der Waals surface area contributed by atoms with Gasteiger partial charge in [0.1, 0.15) is 0 Å². The van der Waals surface area contributed by atoms with Crippen molar-refractivity contribution in [3.05, 3.63) is 58.3 Å². The highest BCUT2D eigenvalue weighted by Gasteiger charge is 2.12. The molecule has 0 aliphatic carbocycles. The van der Waals surface area contributed by atoms with E-state index in [1.54, 1.807) is 53.6 Å². The van der Waals surface area contributed by atoms with Gasteiger partial charge in [0.05, 0.1) is 35.4 Å². The summed E-state index contributed by atoms with van der Waals surface area (Å²) in [6.07, 6.45) is 3.76. The van der Waals surface area contributed by atoms with E-state index in [1.165, 1.54) is 18.3 Å². The molecule has 2 N–H and O–H groups in total. The van der Waals surface area contributed by atoms with Gasteiger partial charge in [-0.3, -0.25) is 9.59 Å². The van der Waals surface area contributed by atoms with E-state index < -0.39 is 5.97 Å². The summed E-state index contributed by atoms with van der Waals surface area (Å²) in [6.45, 7) is 3.87. The molecule has 1 aromatic carbocycles. The zero-order valence-electron chi connectivity index (χ0n) is 16.5. The second-order valence-electron chi connectivity index (χ2n) is 6.25. The molecule has 9 nitrogen and oxygen atoms in total. The van der Waals surface area contributed by atoms with Crippen molar-refractivity contribution in [2.24, 2.45) is 0 Å². The largest absolute Gasteiger partial charge is 0.461 e. The monoisotopic (exact) mass is 427 g/mol. The zero-order valence-corrected chi connectivity index (χ0v) is 17.4. The van der Waals surface area contributed by atoms with Crippen molar-refractivity contribution in [1.29, 1.82) is 0 Å². The van der Waals surface area contributed by atoms with Crippen LogP contribution in [0.4, 0.5) is 5.69 Å². The number of benzene rings is 1. The lowest BCUT2D eigenvalue weighted by Crippen LogP contribution is -2.25. The Bertz CT molecular complexity index is 1040. The summed E-state index contributed by atoms with van der Waals surface area (Å²) in [4.78, 5) is 39.3. The van der Waals surface area contributed by atoms with Crippen LogP contribution in [-0.4, -0.2) is 45.7 Å². The molecule has 3 aromatic rings. The Morgan fingerprint density at radius 3 is 2.67 bits per heavy atom. The van der Waals surface area contributed by atoms with Crippen LogP contribution in [0.5, 0.6) is 0 Å². The Kier molecular flexibility index (Phi) is 6.91. The molecule has 30 heavy (non-hydrogen) atoms. The first-order valence-electron chi connectivity index (χ1n) is 9.28. The van der Waals surface area contributed by atoms with Crippen LogP contribution in [-0.2, 0) is 16.0 Å². The second kappa shape index (κ2) is 9.79. The first kappa shape index (κ1) is 21.2. The number of rotatable bonds is 8. The molecule has 10 heteroatoms. The number of hydrogen-bond acceptors (Lipinski definition) is 7. The number of thiazole rings is 1. The maximum Gasteiger partial charge on any atom is 0.357 e. The van der Waals surface area contributed by atoms with Gasteiger partial charge in [-0.15, -0.1) is 11.3 Å². The van der Waals surface area contributed by atoms with Gasteiger partial charge >= 0.3 is 5.97 Å². The summed E-state index contributed by atoms with van der Waals surface area (Å²) in [5, 5.41) is 12.1. The molecule has 0 saturated heterocycles. The van der Waals surface area contributed by atoms with E-state index in [0.29, 0.717) is 36.5 Å². The minimum atomic E-state index is -0.439. The molecule has 0 saturated carbocycles. The second-order valence-corrected chi connectivity index (χ2v) is 7.20. The van der Waals surface area contributed by atoms with Gasteiger partial charge in [0.2, 0.25) is 5.91 Å². The van der Waals surface area contributed by atoms with Gasteiger partial charge in [0, 0.05) is 30.8 Å². The lowest BCUT2D eigenvalue weighted by Gasteiger charge is -2.06. The Hall–Kier alpha value is -3.53. The van der Waals surface area contributed by atoms with Gasteiger partial charge in [0.25, 0.3) is 5.91 Å². The quantitative estimate of drug-likeness (QED) is 0.534. The summed E-state index contributed by atoms with van der Waals surface area (Å²) in [6, 6.07) is 6.94. The third-order valence-electron chi connectivity index (χ3n) is 3.96. The maximum absolute atomic E-state index is 12.3. The van der Waals surface area contributed by atoms with E-state index in [9.17, 15) is 14.4 Å². The van der Waals surface area contributed by atoms with E-state index >= 15 is 0 Å². The number of esters is 1. The van der Waals surface area contributed by atoms with Crippen molar-refractivity contribution in [2.75, 3.05) is 18.5 Å². The molecule has 156 valence electrons. The van der Waals surface area contributed by atoms with Gasteiger partial charge in [-0.2, -0.15) is 5.10 Å². The Labute approximate surface area is 177 Å². The summed E-state index contributed by atoms with van der Waals surface area (Å²) in [5.74, 6) is -0.815. The van der Waals surface area contributed by atoms with Crippen LogP contribution in [0.15, 0.2) is 42.0 Å². The summed E-state index contributed by atoms with van der Waals surface area (Å²) in [7, 11) is 0. The first-order chi connectivity index (χ1) is 14.5. The lowest BCUT2D eigenvalue weighted by molar-refractivity contribution is -0.114. The first-order valence-corrected chi connectivity index (χ1v) is 10.2. The van der Waals surface area contributed by atoms with Gasteiger partial charge in [-0.05, 0) is 31.2 Å². The van der Waals surface area contributed by atoms with Gasteiger partial charge in [-0.25, -0.2) is 14.5 Å². The molecule has 0 aliphatic rings. The van der Waals surface area contributed by atoms with Crippen molar-refractivity contribution in [3.8, 4) is 5.69 Å². The number of hydrogen-bond donors (Lipinski definition) is 2. The Morgan fingerprint density at radius 1 is 1.20 bits per heavy atom. The Morgan fingerprint density at radius 2 is 1.97 bits per heavy atom. The predicted octanol–water partition coefficient (Wildman–Crippen LogP) is 2.44. The number of carbonyl (C=O) groups is 3. The smallest absolute Gasteiger partial charge is 0.357 e. The number of anilines is 1. The topological polar surface area (TPSA) is 115 Å². The van der Waals surface area contributed by atoms with Crippen molar-refractivity contribution in [1.82, 2.24) is 20.1 Å². The number of nitrogens with zero attached hydrogens (tertiary/aromatic N) is 3. The fraction of sp³-hybridized carbons (Fsp3) is 0.250. The van der Waals surface area contributed by atoms with Gasteiger partial charge in [-0.1, -0.05) is 0 Å². The standard InChI is InChI=1S/C20H21N5O4S/c1-3-29-20(28)17-12-30-18(24-17)8-9-21-19(27)14-4-6-16(7-5-14)25-11-15(10-22-25)23-13(2)26/h4-7,10-12H,3,8-9H2,1-2H3,(H,21,27)(H,23,26). The molecule has 0 radical (unpaired) electrons. The van der Waals surface area contributed by atoms with Crippen LogP contribution in [0, 0.1) is 0 Å². The normalized spacial score (nSPS) is 10.5. The predicted molar refractivity (Wildman–Crippen MR) is 112 cm³/mol. The van der Waals surface area contributed by atoms with E-state index in [-0.39, 0.29) is 11.8 Å². The molecule has 0 spiro atoms. The third-order valence-corrected chi connectivity index (χ3v) is 4.87. The number of carbonyl (C=O) groups excluding carboxylic acids is 3. The third kappa shape index (κ3) is 5.51. The average Bonchev–Trinajstić information content (AvgIpc) is 3.38. The number of aromatic nitrogens is 3. The molecule has 2 heterocycles. The zero-order chi connectivity index (χ0) is 21.5. The summed E-state index contributed by atoms with van der Waals surface area (Å²) < 4.78 is 6.52. The molecular weight excluding hydrogens is 406 g/mol. The lowest BCUT2D eigenvalue weighted by atomic mass is 10.2. The number of ether oxygens (including phenoxy) is 1. The molecule has 0 fully saturated rings. The Balaban J connectivity index is 1.52. The van der Waals surface area contributed by atoms with Crippen LogP contribution in [0.3, 0.4) is 0 Å². The van der Waals surface area contributed by atoms with Crippen LogP contribution in [0.2, 0.25) is 0 Å². The molecule has 0 aliphatic heterocycles. The van der Waals surface area contributed by atoms with E-state index in [1.807, 2.05) is 0 Å². The minimum absolute atomic E-state index is 0.170. The fourth-order valence-electron chi connectivity index (χ4n) is 2.61.